The molecule has 0 N–H and O–H groups in total. The van der Waals surface area contributed by atoms with E-state index in [1.807, 2.05) is 18.7 Å². The van der Waals surface area contributed by atoms with Crippen molar-refractivity contribution >= 4 is 11.8 Å². The number of piperidine rings is 1. The van der Waals surface area contributed by atoms with E-state index in [0.29, 0.717) is 31.6 Å². The first kappa shape index (κ1) is 17.9. The van der Waals surface area contributed by atoms with Gasteiger partial charge in [-0.25, -0.2) is 4.39 Å². The summed E-state index contributed by atoms with van der Waals surface area (Å²) < 4.78 is 19.6. The average Bonchev–Trinajstić information content (AvgIpc) is 2.75. The molecule has 2 aliphatic rings. The topological polar surface area (TPSA) is 49.9 Å². The number of carbonyl (C=O) groups excluding carboxylic acids is 2. The van der Waals surface area contributed by atoms with Gasteiger partial charge in [-0.2, -0.15) is 0 Å². The maximum absolute atomic E-state index is 13.8. The first-order valence-corrected chi connectivity index (χ1v) is 8.88. The highest BCUT2D eigenvalue weighted by Gasteiger charge is 2.37. The van der Waals surface area contributed by atoms with E-state index >= 15 is 0 Å². The first-order chi connectivity index (χ1) is 12.0. The van der Waals surface area contributed by atoms with E-state index in [1.54, 1.807) is 23.1 Å². The Hall–Kier alpha value is -1.95. The fourth-order valence-corrected chi connectivity index (χ4v) is 3.66. The smallest absolute Gasteiger partial charge is 0.248 e. The Morgan fingerprint density at radius 1 is 1.32 bits per heavy atom. The van der Waals surface area contributed by atoms with Crippen LogP contribution in [0.4, 0.5) is 4.39 Å². The molecule has 0 bridgehead atoms. The fraction of sp³-hybridized carbons (Fsp3) is 0.579. The van der Waals surface area contributed by atoms with Crippen LogP contribution in [0.25, 0.3) is 0 Å². The molecule has 6 heteroatoms. The summed E-state index contributed by atoms with van der Waals surface area (Å²) in [5, 5.41) is 0. The number of rotatable bonds is 3. The van der Waals surface area contributed by atoms with E-state index in [9.17, 15) is 14.0 Å². The number of hydrogen-bond acceptors (Lipinski definition) is 3. The van der Waals surface area contributed by atoms with Crippen LogP contribution in [-0.2, 0) is 20.7 Å². The maximum atomic E-state index is 13.8. The molecule has 1 aromatic carbocycles. The molecule has 0 radical (unpaired) electrons. The van der Waals surface area contributed by atoms with Gasteiger partial charge in [-0.3, -0.25) is 9.59 Å². The van der Waals surface area contributed by atoms with Crippen LogP contribution in [0.5, 0.6) is 0 Å². The minimum Gasteiger partial charge on any atom is -0.368 e. The number of amides is 2. The molecule has 2 heterocycles. The van der Waals surface area contributed by atoms with Gasteiger partial charge in [0.15, 0.2) is 0 Å². The van der Waals surface area contributed by atoms with Crippen molar-refractivity contribution in [2.75, 3.05) is 26.2 Å². The van der Waals surface area contributed by atoms with E-state index in [-0.39, 0.29) is 48.7 Å². The van der Waals surface area contributed by atoms with Gasteiger partial charge < -0.3 is 14.5 Å². The third-order valence-electron chi connectivity index (χ3n) is 5.11. The summed E-state index contributed by atoms with van der Waals surface area (Å²) in [6.07, 6.45) is 0.787. The lowest BCUT2D eigenvalue weighted by Gasteiger charge is -2.38. The number of hydrogen-bond donors (Lipinski definition) is 0. The average molecular weight is 348 g/mol. The van der Waals surface area contributed by atoms with Crippen molar-refractivity contribution in [3.63, 3.8) is 0 Å². The largest absolute Gasteiger partial charge is 0.368 e. The Kier molecular flexibility index (Phi) is 5.37. The summed E-state index contributed by atoms with van der Waals surface area (Å²) in [7, 11) is 0. The van der Waals surface area contributed by atoms with Gasteiger partial charge in [0.05, 0.1) is 12.5 Å². The van der Waals surface area contributed by atoms with E-state index in [2.05, 4.69) is 0 Å². The third-order valence-corrected chi connectivity index (χ3v) is 5.11. The summed E-state index contributed by atoms with van der Waals surface area (Å²) in [4.78, 5) is 28.4. The van der Waals surface area contributed by atoms with E-state index in [1.165, 1.54) is 6.07 Å². The second-order valence-corrected chi connectivity index (χ2v) is 7.15. The van der Waals surface area contributed by atoms with Crippen LogP contribution in [0, 0.1) is 11.7 Å². The Morgan fingerprint density at radius 3 is 2.80 bits per heavy atom. The van der Waals surface area contributed by atoms with E-state index < -0.39 is 0 Å². The van der Waals surface area contributed by atoms with E-state index in [4.69, 9.17) is 4.74 Å². The molecule has 136 valence electrons. The van der Waals surface area contributed by atoms with Crippen LogP contribution in [0.1, 0.15) is 25.8 Å². The summed E-state index contributed by atoms with van der Waals surface area (Å²) in [5.74, 6) is -0.309. The molecule has 0 aliphatic carbocycles. The van der Waals surface area contributed by atoms with Gasteiger partial charge in [-0.1, -0.05) is 18.2 Å². The lowest BCUT2D eigenvalue weighted by Crippen LogP contribution is -2.50. The van der Waals surface area contributed by atoms with Crippen molar-refractivity contribution in [3.05, 3.63) is 35.6 Å². The Balaban J connectivity index is 1.67. The van der Waals surface area contributed by atoms with Crippen molar-refractivity contribution < 1.29 is 18.7 Å². The zero-order valence-electron chi connectivity index (χ0n) is 14.8. The molecule has 2 atom stereocenters. The second-order valence-electron chi connectivity index (χ2n) is 7.15. The molecule has 3 rings (SSSR count). The fourth-order valence-electron chi connectivity index (χ4n) is 3.66. The highest BCUT2D eigenvalue weighted by Crippen LogP contribution is 2.25. The predicted molar refractivity (Wildman–Crippen MR) is 91.4 cm³/mol. The molecule has 25 heavy (non-hydrogen) atoms. The number of halogens is 1. The molecule has 0 saturated carbocycles. The number of ether oxygens (including phenoxy) is 1. The normalized spacial score (nSPS) is 24.2. The van der Waals surface area contributed by atoms with Crippen molar-refractivity contribution in [1.29, 1.82) is 0 Å². The molecule has 2 amide bonds. The molecular formula is C19H25FN2O3. The molecule has 0 unspecified atom stereocenters. The van der Waals surface area contributed by atoms with Crippen molar-refractivity contribution in [2.45, 2.75) is 38.8 Å². The minimum atomic E-state index is -0.347. The number of likely N-dealkylation sites (tertiary alicyclic amines) is 1. The van der Waals surface area contributed by atoms with Crippen molar-refractivity contribution in [1.82, 2.24) is 9.80 Å². The molecule has 1 aromatic rings. The van der Waals surface area contributed by atoms with Gasteiger partial charge in [0, 0.05) is 31.6 Å². The minimum absolute atomic E-state index is 0.00483. The van der Waals surface area contributed by atoms with Crippen LogP contribution >= 0.6 is 0 Å². The Bertz CT molecular complexity index is 649. The SMILES string of the molecule is CC(C)N1C[C@H]2CN(C(=O)Cc3ccccc3F)CC[C@@H]2OCC1=O. The van der Waals surface area contributed by atoms with Crippen LogP contribution < -0.4 is 0 Å². The lowest BCUT2D eigenvalue weighted by atomic mass is 9.93. The van der Waals surface area contributed by atoms with Gasteiger partial charge in [0.25, 0.3) is 0 Å². The molecule has 2 aliphatic heterocycles. The van der Waals surface area contributed by atoms with E-state index in [0.717, 1.165) is 0 Å². The van der Waals surface area contributed by atoms with Crippen molar-refractivity contribution in [2.24, 2.45) is 5.92 Å². The summed E-state index contributed by atoms with van der Waals surface area (Å²) in [6, 6.07) is 6.49. The number of nitrogens with zero attached hydrogens (tertiary/aromatic N) is 2. The highest BCUT2D eigenvalue weighted by atomic mass is 19.1. The van der Waals surface area contributed by atoms with Crippen LogP contribution in [-0.4, -0.2) is 60.0 Å². The molecular weight excluding hydrogens is 323 g/mol. The number of carbonyl (C=O) groups is 2. The van der Waals surface area contributed by atoms with Gasteiger partial charge in [-0.05, 0) is 31.9 Å². The summed E-state index contributed by atoms with van der Waals surface area (Å²) >= 11 is 0. The van der Waals surface area contributed by atoms with Gasteiger partial charge in [-0.15, -0.1) is 0 Å². The van der Waals surface area contributed by atoms with Crippen LogP contribution in [0.3, 0.4) is 0 Å². The zero-order valence-corrected chi connectivity index (χ0v) is 14.8. The Morgan fingerprint density at radius 2 is 2.08 bits per heavy atom. The standard InChI is InChI=1S/C19H25FN2O3/c1-13(2)22-11-15-10-21(8-7-17(15)25-12-19(22)24)18(23)9-14-5-3-4-6-16(14)20/h3-6,13,15,17H,7-12H2,1-2H3/t15-,17+/m1/s1. The number of benzene rings is 1. The van der Waals surface area contributed by atoms with Gasteiger partial charge >= 0.3 is 0 Å². The molecule has 5 nitrogen and oxygen atoms in total. The molecule has 0 aromatic heterocycles. The molecule has 2 saturated heterocycles. The Labute approximate surface area is 147 Å². The lowest BCUT2D eigenvalue weighted by molar-refractivity contribution is -0.138. The van der Waals surface area contributed by atoms with Gasteiger partial charge in [0.2, 0.25) is 11.8 Å². The molecule has 2 fully saturated rings. The second kappa shape index (κ2) is 7.52. The maximum Gasteiger partial charge on any atom is 0.248 e. The monoisotopic (exact) mass is 348 g/mol. The third kappa shape index (κ3) is 4.00. The first-order valence-electron chi connectivity index (χ1n) is 8.88. The zero-order chi connectivity index (χ0) is 18.0. The highest BCUT2D eigenvalue weighted by molar-refractivity contribution is 5.79. The quantitative estimate of drug-likeness (QED) is 0.838. The summed E-state index contributed by atoms with van der Waals surface area (Å²) in [5.41, 5.74) is 0.422. The van der Waals surface area contributed by atoms with Crippen molar-refractivity contribution in [3.8, 4) is 0 Å². The summed E-state index contributed by atoms with van der Waals surface area (Å²) in [6.45, 7) is 5.83. The number of fused-ring (bicyclic) bond motifs is 1. The van der Waals surface area contributed by atoms with Gasteiger partial charge in [0.1, 0.15) is 12.4 Å². The molecule has 0 spiro atoms. The predicted octanol–water partition coefficient (Wildman–Crippen LogP) is 1.85. The van der Waals surface area contributed by atoms with Crippen LogP contribution in [0.2, 0.25) is 0 Å². The van der Waals surface area contributed by atoms with Crippen LogP contribution in [0.15, 0.2) is 24.3 Å².